The predicted molar refractivity (Wildman–Crippen MR) is 78.2 cm³/mol. The van der Waals surface area contributed by atoms with Crippen molar-refractivity contribution in [3.05, 3.63) is 62.1 Å². The molecule has 0 unspecified atom stereocenters. The molecule has 0 aliphatic heterocycles. The number of aromatic amines is 1. The highest BCUT2D eigenvalue weighted by Crippen LogP contribution is 2.20. The van der Waals surface area contributed by atoms with Crippen LogP contribution in [0.2, 0.25) is 0 Å². The van der Waals surface area contributed by atoms with Crippen LogP contribution in [0, 0.1) is 10.1 Å². The second-order valence-electron chi connectivity index (χ2n) is 4.19. The molecular weight excluding hydrogens is 294 g/mol. The van der Waals surface area contributed by atoms with Crippen molar-refractivity contribution in [1.29, 1.82) is 0 Å². The van der Waals surface area contributed by atoms with E-state index in [1.165, 1.54) is 37.1 Å². The van der Waals surface area contributed by atoms with Crippen molar-refractivity contribution < 1.29 is 9.66 Å². The average Bonchev–Trinajstić information content (AvgIpc) is 2.45. The maximum absolute atomic E-state index is 11.5. The van der Waals surface area contributed by atoms with E-state index in [1.807, 2.05) is 0 Å². The number of nitro benzene ring substituents is 1. The Morgan fingerprint density at radius 1 is 1.38 bits per heavy atom. The highest BCUT2D eigenvalue weighted by atomic mass is 32.2. The molecule has 110 valence electrons. The predicted octanol–water partition coefficient (Wildman–Crippen LogP) is 2.12. The summed E-state index contributed by atoms with van der Waals surface area (Å²) in [5.41, 5.74) is 1.29. The normalized spacial score (nSPS) is 10.5. The van der Waals surface area contributed by atoms with Gasteiger partial charge < -0.3 is 9.72 Å². The number of non-ortho nitro benzene ring substituents is 1. The summed E-state index contributed by atoms with van der Waals surface area (Å²) in [5, 5.41) is 11.1. The van der Waals surface area contributed by atoms with Gasteiger partial charge in [-0.15, -0.1) is 0 Å². The zero-order valence-corrected chi connectivity index (χ0v) is 12.1. The first-order chi connectivity index (χ1) is 10.1. The van der Waals surface area contributed by atoms with Crippen molar-refractivity contribution >= 4 is 17.4 Å². The molecular formula is C13H13N3O4S. The van der Waals surface area contributed by atoms with Crippen LogP contribution in [0.5, 0.6) is 0 Å². The van der Waals surface area contributed by atoms with Gasteiger partial charge in [-0.3, -0.25) is 14.9 Å². The van der Waals surface area contributed by atoms with E-state index in [0.717, 1.165) is 5.56 Å². The molecule has 1 aromatic carbocycles. The van der Waals surface area contributed by atoms with Crippen LogP contribution < -0.4 is 5.56 Å². The number of hydrogen-bond acceptors (Lipinski definition) is 6. The quantitative estimate of drug-likeness (QED) is 0.380. The van der Waals surface area contributed by atoms with Crippen molar-refractivity contribution in [3.8, 4) is 0 Å². The number of rotatable bonds is 6. The smallest absolute Gasteiger partial charge is 0.269 e. The summed E-state index contributed by atoms with van der Waals surface area (Å²) in [4.78, 5) is 28.5. The first-order valence-corrected chi connectivity index (χ1v) is 7.02. The Bertz CT molecular complexity index is 685. The first-order valence-electron chi connectivity index (χ1n) is 6.04. The van der Waals surface area contributed by atoms with E-state index in [1.54, 1.807) is 12.1 Å². The largest absolute Gasteiger partial charge is 0.378 e. The molecule has 1 aromatic heterocycles. The minimum atomic E-state index is -0.440. The monoisotopic (exact) mass is 307 g/mol. The minimum Gasteiger partial charge on any atom is -0.378 e. The topological polar surface area (TPSA) is 98.1 Å². The van der Waals surface area contributed by atoms with Gasteiger partial charge in [-0.05, 0) is 5.56 Å². The van der Waals surface area contributed by atoms with Gasteiger partial charge in [0.05, 0.1) is 17.2 Å². The molecule has 0 bridgehead atoms. The summed E-state index contributed by atoms with van der Waals surface area (Å²) in [6, 6.07) is 7.66. The number of thioether (sulfide) groups is 1. The van der Waals surface area contributed by atoms with Gasteiger partial charge >= 0.3 is 0 Å². The lowest BCUT2D eigenvalue weighted by Crippen LogP contribution is -2.10. The number of methoxy groups -OCH3 is 1. The third-order valence-corrected chi connectivity index (χ3v) is 3.53. The standard InChI is InChI=1S/C13H13N3O4S/c1-20-7-10-6-12(17)15-13(14-10)21-8-9-2-4-11(5-3-9)16(18)19/h2-6H,7-8H2,1H3,(H,14,15,17). The van der Waals surface area contributed by atoms with Crippen LogP contribution in [-0.4, -0.2) is 22.0 Å². The third-order valence-electron chi connectivity index (χ3n) is 2.59. The van der Waals surface area contributed by atoms with E-state index in [4.69, 9.17) is 4.74 Å². The maximum atomic E-state index is 11.5. The molecule has 0 radical (unpaired) electrons. The molecule has 0 atom stereocenters. The number of hydrogen-bond donors (Lipinski definition) is 1. The fraction of sp³-hybridized carbons (Fsp3) is 0.231. The molecule has 7 nitrogen and oxygen atoms in total. The number of ether oxygens (including phenoxy) is 1. The number of nitrogens with one attached hydrogen (secondary N) is 1. The second kappa shape index (κ2) is 7.00. The Morgan fingerprint density at radius 3 is 2.71 bits per heavy atom. The molecule has 0 fully saturated rings. The van der Waals surface area contributed by atoms with Gasteiger partial charge in [-0.2, -0.15) is 0 Å². The molecule has 0 aliphatic carbocycles. The van der Waals surface area contributed by atoms with E-state index < -0.39 is 4.92 Å². The molecule has 0 saturated carbocycles. The molecule has 2 rings (SSSR count). The van der Waals surface area contributed by atoms with Crippen LogP contribution in [0.1, 0.15) is 11.3 Å². The molecule has 1 N–H and O–H groups in total. The van der Waals surface area contributed by atoms with Crippen molar-refractivity contribution in [2.45, 2.75) is 17.5 Å². The Morgan fingerprint density at radius 2 is 2.10 bits per heavy atom. The molecule has 0 spiro atoms. The van der Waals surface area contributed by atoms with E-state index in [2.05, 4.69) is 9.97 Å². The number of nitrogens with zero attached hydrogens (tertiary/aromatic N) is 2. The molecule has 2 aromatic rings. The van der Waals surface area contributed by atoms with Gasteiger partial charge in [0, 0.05) is 31.1 Å². The SMILES string of the molecule is COCc1cc(=O)[nH]c(SCc2ccc([N+](=O)[O-])cc2)n1. The summed E-state index contributed by atoms with van der Waals surface area (Å²) in [5.74, 6) is 0.553. The lowest BCUT2D eigenvalue weighted by molar-refractivity contribution is -0.384. The molecule has 8 heteroatoms. The van der Waals surface area contributed by atoms with Crippen molar-refractivity contribution in [2.75, 3.05) is 7.11 Å². The number of nitro groups is 1. The lowest BCUT2D eigenvalue weighted by atomic mass is 10.2. The van der Waals surface area contributed by atoms with Crippen LogP contribution in [0.3, 0.4) is 0 Å². The van der Waals surface area contributed by atoms with Gasteiger partial charge in [0.2, 0.25) is 0 Å². The van der Waals surface area contributed by atoms with Gasteiger partial charge in [-0.1, -0.05) is 23.9 Å². The fourth-order valence-corrected chi connectivity index (χ4v) is 2.49. The summed E-state index contributed by atoms with van der Waals surface area (Å²) in [6.07, 6.45) is 0. The molecule has 0 aliphatic rings. The second-order valence-corrected chi connectivity index (χ2v) is 5.15. The van der Waals surface area contributed by atoms with Crippen molar-refractivity contribution in [2.24, 2.45) is 0 Å². The van der Waals surface area contributed by atoms with Crippen molar-refractivity contribution in [3.63, 3.8) is 0 Å². The van der Waals surface area contributed by atoms with Crippen LogP contribution in [0.4, 0.5) is 5.69 Å². The highest BCUT2D eigenvalue weighted by molar-refractivity contribution is 7.98. The van der Waals surface area contributed by atoms with Gasteiger partial charge in [-0.25, -0.2) is 4.98 Å². The van der Waals surface area contributed by atoms with Gasteiger partial charge in [0.15, 0.2) is 5.16 Å². The van der Waals surface area contributed by atoms with Gasteiger partial charge in [0.25, 0.3) is 11.2 Å². The van der Waals surface area contributed by atoms with Crippen LogP contribution in [0.25, 0.3) is 0 Å². The van der Waals surface area contributed by atoms with Gasteiger partial charge in [0.1, 0.15) is 0 Å². The fourth-order valence-electron chi connectivity index (χ4n) is 1.64. The van der Waals surface area contributed by atoms with Crippen LogP contribution >= 0.6 is 11.8 Å². The number of benzene rings is 1. The van der Waals surface area contributed by atoms with Crippen molar-refractivity contribution in [1.82, 2.24) is 9.97 Å². The summed E-state index contributed by atoms with van der Waals surface area (Å²) in [6.45, 7) is 0.273. The number of aromatic nitrogens is 2. The molecule has 0 amide bonds. The average molecular weight is 307 g/mol. The Labute approximate surface area is 124 Å². The third kappa shape index (κ3) is 4.40. The minimum absolute atomic E-state index is 0.0531. The van der Waals surface area contributed by atoms with Crippen LogP contribution in [0.15, 0.2) is 40.3 Å². The van der Waals surface area contributed by atoms with Crippen LogP contribution in [-0.2, 0) is 17.1 Å². The lowest BCUT2D eigenvalue weighted by Gasteiger charge is -2.03. The van der Waals surface area contributed by atoms with E-state index in [-0.39, 0.29) is 17.9 Å². The van der Waals surface area contributed by atoms with E-state index in [0.29, 0.717) is 16.6 Å². The highest BCUT2D eigenvalue weighted by Gasteiger charge is 2.06. The zero-order chi connectivity index (χ0) is 15.2. The van der Waals surface area contributed by atoms with E-state index >= 15 is 0 Å². The Hall–Kier alpha value is -2.19. The number of H-pyrrole nitrogens is 1. The Kier molecular flexibility index (Phi) is 5.07. The van der Waals surface area contributed by atoms with E-state index in [9.17, 15) is 14.9 Å². The maximum Gasteiger partial charge on any atom is 0.269 e. The summed E-state index contributed by atoms with van der Waals surface area (Å²) in [7, 11) is 1.53. The summed E-state index contributed by atoms with van der Waals surface area (Å²) >= 11 is 1.35. The molecule has 21 heavy (non-hydrogen) atoms. The molecule has 1 heterocycles. The molecule has 0 saturated heterocycles. The Balaban J connectivity index is 2.05. The first kappa shape index (κ1) is 15.2. The zero-order valence-electron chi connectivity index (χ0n) is 11.2. The summed E-state index contributed by atoms with van der Waals surface area (Å²) < 4.78 is 4.95.